The lowest BCUT2D eigenvalue weighted by Crippen LogP contribution is -2.49. The van der Waals surface area contributed by atoms with Crippen molar-refractivity contribution in [2.24, 2.45) is 0 Å². The maximum absolute atomic E-state index is 12.9. The van der Waals surface area contributed by atoms with Crippen LogP contribution in [0.2, 0.25) is 0 Å². The second-order valence-electron chi connectivity index (χ2n) is 6.66. The lowest BCUT2D eigenvalue weighted by atomic mass is 10.0. The number of hydrogen-bond acceptors (Lipinski definition) is 5. The van der Waals surface area contributed by atoms with E-state index in [2.05, 4.69) is 10.2 Å². The van der Waals surface area contributed by atoms with Gasteiger partial charge < -0.3 is 4.90 Å². The summed E-state index contributed by atoms with van der Waals surface area (Å²) in [5.41, 5.74) is 1.25. The standard InChI is InChI=1S/C16H19N3O3S2/c1-24(21,22)12-7-10-4-5-11(8-12)19(10)16(20)14-9-13(17-18-14)15-3-2-6-23-15/h2-3,6,9-12H,4-5,7-8H2,1H3,(H,17,18). The number of rotatable bonds is 3. The molecule has 0 aromatic carbocycles. The minimum Gasteiger partial charge on any atom is -0.331 e. The van der Waals surface area contributed by atoms with Crippen LogP contribution in [0, 0.1) is 0 Å². The average Bonchev–Trinajstić information content (AvgIpc) is 3.24. The number of hydrogen-bond donors (Lipinski definition) is 1. The molecule has 2 aromatic rings. The highest BCUT2D eigenvalue weighted by molar-refractivity contribution is 7.91. The Labute approximate surface area is 144 Å². The van der Waals surface area contributed by atoms with Gasteiger partial charge in [-0.05, 0) is 43.2 Å². The average molecular weight is 365 g/mol. The molecule has 1 amide bonds. The highest BCUT2D eigenvalue weighted by Crippen LogP contribution is 2.39. The molecule has 0 saturated carbocycles. The number of fused-ring (bicyclic) bond motifs is 2. The van der Waals surface area contributed by atoms with E-state index in [0.29, 0.717) is 18.5 Å². The Kier molecular flexibility index (Phi) is 3.76. The minimum atomic E-state index is -3.05. The van der Waals surface area contributed by atoms with Gasteiger partial charge in [0.2, 0.25) is 0 Å². The van der Waals surface area contributed by atoms with Crippen LogP contribution in [0.5, 0.6) is 0 Å². The molecular formula is C16H19N3O3S2. The lowest BCUT2D eigenvalue weighted by molar-refractivity contribution is 0.0592. The van der Waals surface area contributed by atoms with Crippen LogP contribution in [0.3, 0.4) is 0 Å². The number of thiophene rings is 1. The maximum Gasteiger partial charge on any atom is 0.274 e. The molecule has 2 fully saturated rings. The fourth-order valence-corrected chi connectivity index (χ4v) is 5.77. The quantitative estimate of drug-likeness (QED) is 0.905. The zero-order valence-electron chi connectivity index (χ0n) is 13.3. The Balaban J connectivity index is 1.56. The van der Waals surface area contributed by atoms with Gasteiger partial charge in [0.1, 0.15) is 9.84 Å². The van der Waals surface area contributed by atoms with Crippen molar-refractivity contribution in [2.45, 2.75) is 43.0 Å². The Hall–Kier alpha value is -1.67. The van der Waals surface area contributed by atoms with Gasteiger partial charge in [-0.2, -0.15) is 5.10 Å². The molecule has 0 radical (unpaired) electrons. The van der Waals surface area contributed by atoms with E-state index in [1.807, 2.05) is 22.4 Å². The fraction of sp³-hybridized carbons (Fsp3) is 0.500. The molecule has 8 heteroatoms. The van der Waals surface area contributed by atoms with Crippen molar-refractivity contribution in [1.82, 2.24) is 15.1 Å². The van der Waals surface area contributed by atoms with Crippen molar-refractivity contribution in [3.63, 3.8) is 0 Å². The first kappa shape index (κ1) is 15.8. The molecule has 0 spiro atoms. The number of aromatic nitrogens is 2. The summed E-state index contributed by atoms with van der Waals surface area (Å²) in [6, 6.07) is 5.75. The molecule has 4 heterocycles. The van der Waals surface area contributed by atoms with Crippen LogP contribution in [0.15, 0.2) is 23.6 Å². The van der Waals surface area contributed by atoms with E-state index < -0.39 is 9.84 Å². The van der Waals surface area contributed by atoms with Crippen LogP contribution in [0.25, 0.3) is 10.6 Å². The Bertz CT molecular complexity index is 843. The number of carbonyl (C=O) groups excluding carboxylic acids is 1. The third kappa shape index (κ3) is 2.67. The van der Waals surface area contributed by atoms with Crippen LogP contribution < -0.4 is 0 Å². The van der Waals surface area contributed by atoms with E-state index in [9.17, 15) is 13.2 Å². The molecule has 128 valence electrons. The van der Waals surface area contributed by atoms with Crippen molar-refractivity contribution < 1.29 is 13.2 Å². The summed E-state index contributed by atoms with van der Waals surface area (Å²) < 4.78 is 23.7. The summed E-state index contributed by atoms with van der Waals surface area (Å²) in [5, 5.41) is 8.77. The molecule has 2 aliphatic heterocycles. The smallest absolute Gasteiger partial charge is 0.274 e. The van der Waals surface area contributed by atoms with E-state index >= 15 is 0 Å². The number of amides is 1. The summed E-state index contributed by atoms with van der Waals surface area (Å²) in [5.74, 6) is -0.0893. The van der Waals surface area contributed by atoms with Gasteiger partial charge in [0.25, 0.3) is 5.91 Å². The Morgan fingerprint density at radius 3 is 2.62 bits per heavy atom. The SMILES string of the molecule is CS(=O)(=O)C1CC2CCC(C1)N2C(=O)c1cc(-c2cccs2)[nH]n1. The zero-order valence-corrected chi connectivity index (χ0v) is 14.9. The molecule has 24 heavy (non-hydrogen) atoms. The van der Waals surface area contributed by atoms with Crippen molar-refractivity contribution in [1.29, 1.82) is 0 Å². The summed E-state index contributed by atoms with van der Waals surface area (Å²) in [6.45, 7) is 0. The van der Waals surface area contributed by atoms with Gasteiger partial charge in [0, 0.05) is 18.3 Å². The number of aromatic amines is 1. The molecule has 2 atom stereocenters. The van der Waals surface area contributed by atoms with Gasteiger partial charge in [-0.25, -0.2) is 8.42 Å². The third-order valence-electron chi connectivity index (χ3n) is 5.11. The molecular weight excluding hydrogens is 346 g/mol. The fourth-order valence-electron chi connectivity index (χ4n) is 3.93. The zero-order chi connectivity index (χ0) is 16.9. The van der Waals surface area contributed by atoms with E-state index in [4.69, 9.17) is 0 Å². The van der Waals surface area contributed by atoms with Crippen LogP contribution in [0.1, 0.15) is 36.2 Å². The first-order valence-corrected chi connectivity index (χ1v) is 10.9. The molecule has 6 nitrogen and oxygen atoms in total. The van der Waals surface area contributed by atoms with Gasteiger partial charge in [-0.1, -0.05) is 6.07 Å². The van der Waals surface area contributed by atoms with Crippen LogP contribution >= 0.6 is 11.3 Å². The van der Waals surface area contributed by atoms with Gasteiger partial charge in [-0.3, -0.25) is 9.89 Å². The molecule has 2 unspecified atom stereocenters. The van der Waals surface area contributed by atoms with Crippen molar-refractivity contribution in [3.05, 3.63) is 29.3 Å². The van der Waals surface area contributed by atoms with E-state index in [-0.39, 0.29) is 23.2 Å². The van der Waals surface area contributed by atoms with Crippen molar-refractivity contribution >= 4 is 27.1 Å². The number of H-pyrrole nitrogens is 1. The topological polar surface area (TPSA) is 83.1 Å². The molecule has 0 aliphatic carbocycles. The van der Waals surface area contributed by atoms with Crippen LogP contribution in [-0.4, -0.2) is 53.0 Å². The number of sulfone groups is 1. The highest BCUT2D eigenvalue weighted by atomic mass is 32.2. The van der Waals surface area contributed by atoms with Crippen molar-refractivity contribution in [2.75, 3.05) is 6.26 Å². The van der Waals surface area contributed by atoms with Gasteiger partial charge in [-0.15, -0.1) is 11.3 Å². The monoisotopic (exact) mass is 365 g/mol. The molecule has 2 bridgehead atoms. The Morgan fingerprint density at radius 2 is 2.04 bits per heavy atom. The first-order chi connectivity index (χ1) is 11.4. The normalized spacial score (nSPS) is 26.7. The Morgan fingerprint density at radius 1 is 1.33 bits per heavy atom. The second-order valence-corrected chi connectivity index (χ2v) is 9.94. The highest BCUT2D eigenvalue weighted by Gasteiger charge is 2.46. The maximum atomic E-state index is 12.9. The molecule has 2 saturated heterocycles. The predicted molar refractivity (Wildman–Crippen MR) is 92.7 cm³/mol. The molecule has 2 aromatic heterocycles. The summed E-state index contributed by atoms with van der Waals surface area (Å²) in [4.78, 5) is 15.8. The number of piperidine rings is 1. The predicted octanol–water partition coefficient (Wildman–Crippen LogP) is 2.32. The first-order valence-electron chi connectivity index (χ1n) is 8.04. The molecule has 1 N–H and O–H groups in total. The largest absolute Gasteiger partial charge is 0.331 e. The molecule has 4 rings (SSSR count). The van der Waals surface area contributed by atoms with E-state index in [0.717, 1.165) is 23.4 Å². The van der Waals surface area contributed by atoms with E-state index in [1.165, 1.54) is 6.26 Å². The summed E-state index contributed by atoms with van der Waals surface area (Å²) in [7, 11) is -3.05. The minimum absolute atomic E-state index is 0.0119. The van der Waals surface area contributed by atoms with Gasteiger partial charge in [0.15, 0.2) is 5.69 Å². The van der Waals surface area contributed by atoms with Gasteiger partial charge >= 0.3 is 0 Å². The lowest BCUT2D eigenvalue weighted by Gasteiger charge is -2.37. The summed E-state index contributed by atoms with van der Waals surface area (Å²) >= 11 is 1.59. The third-order valence-corrected chi connectivity index (χ3v) is 7.61. The number of nitrogens with zero attached hydrogens (tertiary/aromatic N) is 2. The number of carbonyl (C=O) groups is 1. The van der Waals surface area contributed by atoms with Crippen LogP contribution in [0.4, 0.5) is 0 Å². The van der Waals surface area contributed by atoms with Crippen LogP contribution in [-0.2, 0) is 9.84 Å². The summed E-state index contributed by atoms with van der Waals surface area (Å²) in [6.07, 6.45) is 4.15. The number of nitrogens with one attached hydrogen (secondary N) is 1. The van der Waals surface area contributed by atoms with Gasteiger partial charge in [0.05, 0.1) is 15.8 Å². The molecule has 2 aliphatic rings. The van der Waals surface area contributed by atoms with E-state index in [1.54, 1.807) is 17.4 Å². The van der Waals surface area contributed by atoms with Crippen molar-refractivity contribution in [3.8, 4) is 10.6 Å². The second kappa shape index (κ2) is 5.70.